The van der Waals surface area contributed by atoms with Crippen LogP contribution in [0.15, 0.2) is 42.0 Å². The summed E-state index contributed by atoms with van der Waals surface area (Å²) in [6.07, 6.45) is 26.2. The van der Waals surface area contributed by atoms with Crippen LogP contribution in [-0.2, 0) is 11.3 Å². The molecule has 3 heteroatoms. The quantitative estimate of drug-likeness (QED) is 0.179. The van der Waals surface area contributed by atoms with E-state index in [1.165, 1.54) is 96.3 Å². The average Bonchev–Trinajstić information content (AvgIpc) is 2.85. The Morgan fingerprint density at radius 1 is 0.853 bits per heavy atom. The number of fused-ring (bicyclic) bond motifs is 2. The van der Waals surface area contributed by atoms with Gasteiger partial charge in [-0.15, -0.1) is 0 Å². The molecule has 2 unspecified atom stereocenters. The zero-order valence-electron chi connectivity index (χ0n) is 21.8. The predicted molar refractivity (Wildman–Crippen MR) is 143 cm³/mol. The molecule has 0 aliphatic carbocycles. The first-order valence-corrected chi connectivity index (χ1v) is 14.5. The Labute approximate surface area is 209 Å². The van der Waals surface area contributed by atoms with Gasteiger partial charge >= 0.3 is 6.09 Å². The fourth-order valence-electron chi connectivity index (χ4n) is 5.75. The summed E-state index contributed by atoms with van der Waals surface area (Å²) in [5.41, 5.74) is 2.64. The first-order chi connectivity index (χ1) is 16.8. The molecule has 0 spiro atoms. The summed E-state index contributed by atoms with van der Waals surface area (Å²) in [5.74, 6) is 0. The molecule has 2 aliphatic heterocycles. The van der Waals surface area contributed by atoms with Gasteiger partial charge in [-0.1, -0.05) is 126 Å². The number of hydrogen-bond donors (Lipinski definition) is 0. The van der Waals surface area contributed by atoms with E-state index in [-0.39, 0.29) is 12.1 Å². The summed E-state index contributed by atoms with van der Waals surface area (Å²) in [4.78, 5) is 14.9. The highest BCUT2D eigenvalue weighted by Gasteiger charge is 2.37. The third kappa shape index (κ3) is 9.47. The zero-order valence-corrected chi connectivity index (χ0v) is 21.8. The van der Waals surface area contributed by atoms with Crippen molar-refractivity contribution in [1.82, 2.24) is 4.90 Å². The van der Waals surface area contributed by atoms with Gasteiger partial charge in [0, 0.05) is 6.04 Å². The number of benzene rings is 1. The normalized spacial score (nSPS) is 19.7. The van der Waals surface area contributed by atoms with E-state index in [1.54, 1.807) is 5.57 Å². The molecule has 3 rings (SSSR count). The van der Waals surface area contributed by atoms with E-state index in [4.69, 9.17) is 4.74 Å². The summed E-state index contributed by atoms with van der Waals surface area (Å²) >= 11 is 0. The molecule has 0 saturated carbocycles. The SMILES string of the molecule is CCCCCCCCCCCCCCCC1=CC2CCCC(C1)N2C(=O)OCc1ccccc1. The Bertz CT molecular complexity index is 713. The maximum atomic E-state index is 12.9. The van der Waals surface area contributed by atoms with Crippen LogP contribution in [0.5, 0.6) is 0 Å². The van der Waals surface area contributed by atoms with Crippen molar-refractivity contribution in [2.24, 2.45) is 0 Å². The third-order valence-electron chi connectivity index (χ3n) is 7.73. The topological polar surface area (TPSA) is 29.5 Å². The Hall–Kier alpha value is -1.77. The van der Waals surface area contributed by atoms with E-state index in [9.17, 15) is 4.79 Å². The third-order valence-corrected chi connectivity index (χ3v) is 7.73. The van der Waals surface area contributed by atoms with Gasteiger partial charge in [-0.3, -0.25) is 4.90 Å². The van der Waals surface area contributed by atoms with Crippen LogP contribution in [0.2, 0.25) is 0 Å². The van der Waals surface area contributed by atoms with Crippen molar-refractivity contribution in [3.8, 4) is 0 Å². The van der Waals surface area contributed by atoms with Crippen LogP contribution in [0.3, 0.4) is 0 Å². The van der Waals surface area contributed by atoms with Crippen molar-refractivity contribution in [3.63, 3.8) is 0 Å². The molecule has 0 N–H and O–H groups in total. The van der Waals surface area contributed by atoms with Crippen molar-refractivity contribution in [2.45, 2.75) is 141 Å². The molecule has 34 heavy (non-hydrogen) atoms. The van der Waals surface area contributed by atoms with E-state index in [0.29, 0.717) is 12.6 Å². The standard InChI is InChI=1S/C31H49NO2/c1-2-3-4-5-6-7-8-9-10-11-12-13-15-21-28-24-29-22-18-23-30(25-28)32(29)31(33)34-26-27-19-16-14-17-20-27/h14,16-17,19-20,24,29-30H,2-13,15,18,21-23,25-26H2,1H3. The van der Waals surface area contributed by atoms with Gasteiger partial charge in [0.15, 0.2) is 0 Å². The van der Waals surface area contributed by atoms with Crippen LogP contribution in [0.25, 0.3) is 0 Å². The second-order valence-electron chi connectivity index (χ2n) is 10.6. The van der Waals surface area contributed by atoms with Gasteiger partial charge < -0.3 is 4.74 Å². The molecule has 2 bridgehead atoms. The summed E-state index contributed by atoms with van der Waals surface area (Å²) in [7, 11) is 0. The van der Waals surface area contributed by atoms with Gasteiger partial charge in [-0.25, -0.2) is 4.79 Å². The zero-order chi connectivity index (χ0) is 23.8. The Morgan fingerprint density at radius 3 is 2.09 bits per heavy atom. The Kier molecular flexibility index (Phi) is 12.6. The fraction of sp³-hybridized carbons (Fsp3) is 0.710. The van der Waals surface area contributed by atoms with Crippen LogP contribution in [0, 0.1) is 0 Å². The van der Waals surface area contributed by atoms with Crippen molar-refractivity contribution in [3.05, 3.63) is 47.5 Å². The number of nitrogens with zero attached hydrogens (tertiary/aromatic N) is 1. The summed E-state index contributed by atoms with van der Waals surface area (Å²) < 4.78 is 5.68. The van der Waals surface area contributed by atoms with E-state index in [0.717, 1.165) is 24.8 Å². The monoisotopic (exact) mass is 467 g/mol. The molecule has 190 valence electrons. The van der Waals surface area contributed by atoms with Gasteiger partial charge in [0.05, 0.1) is 6.04 Å². The van der Waals surface area contributed by atoms with Gasteiger partial charge in [0.2, 0.25) is 0 Å². The molecule has 2 aliphatic rings. The van der Waals surface area contributed by atoms with Crippen molar-refractivity contribution < 1.29 is 9.53 Å². The molecule has 1 saturated heterocycles. The molecule has 1 aromatic rings. The fourth-order valence-corrected chi connectivity index (χ4v) is 5.75. The summed E-state index contributed by atoms with van der Waals surface area (Å²) in [5, 5.41) is 0. The van der Waals surface area contributed by atoms with Crippen LogP contribution < -0.4 is 0 Å². The van der Waals surface area contributed by atoms with Crippen LogP contribution in [0.4, 0.5) is 4.79 Å². The Morgan fingerprint density at radius 2 is 1.47 bits per heavy atom. The van der Waals surface area contributed by atoms with Gasteiger partial charge in [0.25, 0.3) is 0 Å². The Balaban J connectivity index is 1.26. The molecule has 0 radical (unpaired) electrons. The van der Waals surface area contributed by atoms with Crippen LogP contribution >= 0.6 is 0 Å². The molecule has 1 amide bonds. The lowest BCUT2D eigenvalue weighted by Crippen LogP contribution is -2.51. The lowest BCUT2D eigenvalue weighted by Gasteiger charge is -2.44. The maximum absolute atomic E-state index is 12.9. The number of ether oxygens (including phenoxy) is 1. The van der Waals surface area contributed by atoms with Gasteiger partial charge in [0.1, 0.15) is 6.61 Å². The number of carbonyl (C=O) groups excluding carboxylic acids is 1. The van der Waals surface area contributed by atoms with Crippen LogP contribution in [-0.4, -0.2) is 23.1 Å². The maximum Gasteiger partial charge on any atom is 0.410 e. The molecular formula is C31H49NO2. The lowest BCUT2D eigenvalue weighted by molar-refractivity contribution is 0.0479. The van der Waals surface area contributed by atoms with E-state index in [1.807, 2.05) is 35.2 Å². The van der Waals surface area contributed by atoms with Gasteiger partial charge in [-0.2, -0.15) is 0 Å². The highest BCUT2D eigenvalue weighted by Crippen LogP contribution is 2.35. The number of carbonyl (C=O) groups is 1. The molecule has 1 fully saturated rings. The summed E-state index contributed by atoms with van der Waals surface area (Å²) in [6.45, 7) is 2.66. The summed E-state index contributed by atoms with van der Waals surface area (Å²) in [6, 6.07) is 10.6. The average molecular weight is 468 g/mol. The van der Waals surface area contributed by atoms with E-state index < -0.39 is 0 Å². The molecule has 3 nitrogen and oxygen atoms in total. The minimum absolute atomic E-state index is 0.130. The minimum atomic E-state index is -0.130. The predicted octanol–water partition coefficient (Wildman–Crippen LogP) is 9.36. The molecule has 0 aromatic heterocycles. The first-order valence-electron chi connectivity index (χ1n) is 14.5. The second-order valence-corrected chi connectivity index (χ2v) is 10.6. The smallest absolute Gasteiger partial charge is 0.410 e. The van der Waals surface area contributed by atoms with E-state index in [2.05, 4.69) is 13.0 Å². The van der Waals surface area contributed by atoms with Crippen molar-refractivity contribution in [1.29, 1.82) is 0 Å². The number of amides is 1. The molecule has 1 aromatic carbocycles. The van der Waals surface area contributed by atoms with Gasteiger partial charge in [-0.05, 0) is 44.1 Å². The highest BCUT2D eigenvalue weighted by molar-refractivity contribution is 5.69. The minimum Gasteiger partial charge on any atom is -0.445 e. The second kappa shape index (κ2) is 16.0. The highest BCUT2D eigenvalue weighted by atomic mass is 16.6. The largest absolute Gasteiger partial charge is 0.445 e. The molecule has 2 atom stereocenters. The first kappa shape index (κ1) is 26.8. The van der Waals surface area contributed by atoms with Crippen molar-refractivity contribution in [2.75, 3.05) is 0 Å². The van der Waals surface area contributed by atoms with Crippen molar-refractivity contribution >= 4 is 6.09 Å². The number of rotatable bonds is 16. The van der Waals surface area contributed by atoms with Crippen LogP contribution in [0.1, 0.15) is 128 Å². The number of unbranched alkanes of at least 4 members (excludes halogenated alkanes) is 12. The molecular weight excluding hydrogens is 418 g/mol. The molecule has 2 heterocycles. The lowest BCUT2D eigenvalue weighted by atomic mass is 9.84. The number of piperidine rings is 1. The number of hydrogen-bond acceptors (Lipinski definition) is 2. The van der Waals surface area contributed by atoms with E-state index >= 15 is 0 Å².